The molecule has 0 aliphatic rings. The zero-order chi connectivity index (χ0) is 18.9. The molecule has 0 fully saturated rings. The van der Waals surface area contributed by atoms with E-state index in [-0.39, 0.29) is 0 Å². The van der Waals surface area contributed by atoms with Crippen molar-refractivity contribution in [3.63, 3.8) is 0 Å². The van der Waals surface area contributed by atoms with Gasteiger partial charge in [0.1, 0.15) is 0 Å². The lowest BCUT2D eigenvalue weighted by molar-refractivity contribution is 0.580. The van der Waals surface area contributed by atoms with Gasteiger partial charge >= 0.3 is 0 Å². The van der Waals surface area contributed by atoms with E-state index in [9.17, 15) is 0 Å². The Morgan fingerprint density at radius 1 is 0.889 bits per heavy atom. The van der Waals surface area contributed by atoms with Crippen LogP contribution < -0.4 is 0 Å². The molecule has 142 valence electrons. The molecule has 0 radical (unpaired) electrons. The molecule has 2 aromatic carbocycles. The molecule has 27 heavy (non-hydrogen) atoms. The second kappa shape index (κ2) is 10.8. The number of hydrogen-bond acceptors (Lipinski definition) is 2. The maximum absolute atomic E-state index is 6.00. The summed E-state index contributed by atoms with van der Waals surface area (Å²) >= 11 is 14.0. The molecular weight excluding hydrogens is 395 g/mol. The van der Waals surface area contributed by atoms with Gasteiger partial charge in [-0.05, 0) is 61.1 Å². The van der Waals surface area contributed by atoms with Crippen LogP contribution in [0.5, 0.6) is 0 Å². The van der Waals surface area contributed by atoms with Crippen LogP contribution in [-0.4, -0.2) is 14.8 Å². The zero-order valence-electron chi connectivity index (χ0n) is 15.2. The number of thioether (sulfide) groups is 1. The van der Waals surface area contributed by atoms with Crippen molar-refractivity contribution in [3.05, 3.63) is 88.4 Å². The van der Waals surface area contributed by atoms with Crippen molar-refractivity contribution >= 4 is 35.0 Å². The Kier molecular flexibility index (Phi) is 8.12. The van der Waals surface area contributed by atoms with Crippen molar-refractivity contribution in [2.75, 3.05) is 0 Å². The highest BCUT2D eigenvalue weighted by Crippen LogP contribution is 2.27. The first-order chi connectivity index (χ1) is 13.2. The smallest absolute Gasteiger partial charge is 0.0945 e. The fourth-order valence-electron chi connectivity index (χ4n) is 3.00. The van der Waals surface area contributed by atoms with Crippen molar-refractivity contribution in [3.8, 4) is 0 Å². The van der Waals surface area contributed by atoms with E-state index in [2.05, 4.69) is 33.8 Å². The standard InChI is InChI=1S/C22H24Cl2N2S/c23-20-8-3-18(4-9-20)7-12-22(2-1-14-26-15-13-25-17-26)27-16-19-5-10-21(24)11-6-19/h3-6,8-11,13,15,17,22H,1-2,7,12,14,16H2. The van der Waals surface area contributed by atoms with Gasteiger partial charge in [-0.3, -0.25) is 0 Å². The SMILES string of the molecule is Clc1ccc(CCC(CCCn2ccnc2)SCc2ccc(Cl)cc2)cc1. The molecule has 0 saturated carbocycles. The van der Waals surface area contributed by atoms with Crippen LogP contribution in [0.1, 0.15) is 30.4 Å². The molecule has 1 atom stereocenters. The van der Waals surface area contributed by atoms with Gasteiger partial charge in [0, 0.05) is 40.0 Å². The Hall–Kier alpha value is -1.42. The van der Waals surface area contributed by atoms with Crippen LogP contribution in [0.15, 0.2) is 67.3 Å². The predicted octanol–water partition coefficient (Wildman–Crippen LogP) is 6.90. The van der Waals surface area contributed by atoms with E-state index in [1.807, 2.05) is 54.7 Å². The minimum absolute atomic E-state index is 0.625. The summed E-state index contributed by atoms with van der Waals surface area (Å²) in [6, 6.07) is 16.4. The van der Waals surface area contributed by atoms with E-state index >= 15 is 0 Å². The Morgan fingerprint density at radius 2 is 1.56 bits per heavy atom. The van der Waals surface area contributed by atoms with Gasteiger partial charge in [0.05, 0.1) is 6.33 Å². The monoisotopic (exact) mass is 418 g/mol. The van der Waals surface area contributed by atoms with Gasteiger partial charge in [-0.2, -0.15) is 11.8 Å². The molecule has 0 saturated heterocycles. The third-order valence-electron chi connectivity index (χ3n) is 4.57. The summed E-state index contributed by atoms with van der Waals surface area (Å²) in [5.41, 5.74) is 2.68. The number of imidazole rings is 1. The van der Waals surface area contributed by atoms with Gasteiger partial charge < -0.3 is 4.57 Å². The Labute approximate surface area is 175 Å². The van der Waals surface area contributed by atoms with Crippen molar-refractivity contribution in [1.29, 1.82) is 0 Å². The molecule has 1 unspecified atom stereocenters. The number of aromatic nitrogens is 2. The predicted molar refractivity (Wildman–Crippen MR) is 118 cm³/mol. The summed E-state index contributed by atoms with van der Waals surface area (Å²) in [5, 5.41) is 2.22. The van der Waals surface area contributed by atoms with Crippen molar-refractivity contribution in [2.45, 2.75) is 43.2 Å². The molecule has 0 N–H and O–H groups in total. The lowest BCUT2D eigenvalue weighted by Crippen LogP contribution is -2.07. The lowest BCUT2D eigenvalue weighted by Gasteiger charge is -2.17. The summed E-state index contributed by atoms with van der Waals surface area (Å²) in [7, 11) is 0. The van der Waals surface area contributed by atoms with Gasteiger partial charge in [0.25, 0.3) is 0 Å². The minimum Gasteiger partial charge on any atom is -0.337 e. The van der Waals surface area contributed by atoms with Gasteiger partial charge in [-0.15, -0.1) is 0 Å². The van der Waals surface area contributed by atoms with E-state index in [4.69, 9.17) is 23.2 Å². The highest BCUT2D eigenvalue weighted by Gasteiger charge is 2.11. The number of hydrogen-bond donors (Lipinski definition) is 0. The molecule has 0 aliphatic carbocycles. The van der Waals surface area contributed by atoms with Crippen LogP contribution in [0.25, 0.3) is 0 Å². The first-order valence-corrected chi connectivity index (χ1v) is 11.1. The van der Waals surface area contributed by atoms with E-state index < -0.39 is 0 Å². The molecule has 0 aliphatic heterocycles. The Bertz CT molecular complexity index is 737. The summed E-state index contributed by atoms with van der Waals surface area (Å²) in [5.74, 6) is 1.02. The maximum Gasteiger partial charge on any atom is 0.0945 e. The van der Waals surface area contributed by atoms with Crippen molar-refractivity contribution < 1.29 is 0 Å². The van der Waals surface area contributed by atoms with Gasteiger partial charge in [0.2, 0.25) is 0 Å². The zero-order valence-corrected chi connectivity index (χ0v) is 17.6. The number of halogens is 2. The normalized spacial score (nSPS) is 12.2. The van der Waals surface area contributed by atoms with Crippen LogP contribution in [0, 0.1) is 0 Å². The topological polar surface area (TPSA) is 17.8 Å². The summed E-state index contributed by atoms with van der Waals surface area (Å²) in [6.07, 6.45) is 10.4. The minimum atomic E-state index is 0.625. The fraction of sp³-hybridized carbons (Fsp3) is 0.318. The summed E-state index contributed by atoms with van der Waals surface area (Å²) < 4.78 is 2.15. The molecular formula is C22H24Cl2N2S. The fourth-order valence-corrected chi connectivity index (χ4v) is 4.50. The van der Waals surface area contributed by atoms with E-state index in [0.29, 0.717) is 5.25 Å². The quantitative estimate of drug-likeness (QED) is 0.356. The molecule has 5 heteroatoms. The maximum atomic E-state index is 6.00. The van der Waals surface area contributed by atoms with Crippen LogP contribution in [0.2, 0.25) is 10.0 Å². The first kappa shape index (κ1) is 20.3. The van der Waals surface area contributed by atoms with Crippen LogP contribution >= 0.6 is 35.0 Å². The molecule has 0 spiro atoms. The summed E-state index contributed by atoms with van der Waals surface area (Å²) in [4.78, 5) is 4.12. The average molecular weight is 419 g/mol. The highest BCUT2D eigenvalue weighted by molar-refractivity contribution is 7.99. The van der Waals surface area contributed by atoms with Gasteiger partial charge in [-0.25, -0.2) is 4.98 Å². The molecule has 3 rings (SSSR count). The van der Waals surface area contributed by atoms with Gasteiger partial charge in [-0.1, -0.05) is 47.5 Å². The Morgan fingerprint density at radius 3 is 2.19 bits per heavy atom. The van der Waals surface area contributed by atoms with Crippen LogP contribution in [0.3, 0.4) is 0 Å². The summed E-state index contributed by atoms with van der Waals surface area (Å²) in [6.45, 7) is 1.03. The molecule has 0 amide bonds. The van der Waals surface area contributed by atoms with Crippen LogP contribution in [0.4, 0.5) is 0 Å². The largest absolute Gasteiger partial charge is 0.337 e. The van der Waals surface area contributed by atoms with Crippen LogP contribution in [-0.2, 0) is 18.7 Å². The third kappa shape index (κ3) is 7.25. The highest BCUT2D eigenvalue weighted by atomic mass is 35.5. The molecule has 0 bridgehead atoms. The van der Waals surface area contributed by atoms with Gasteiger partial charge in [0.15, 0.2) is 0 Å². The first-order valence-electron chi connectivity index (χ1n) is 9.25. The molecule has 1 heterocycles. The third-order valence-corrected chi connectivity index (χ3v) is 6.52. The van der Waals surface area contributed by atoms with Crippen molar-refractivity contribution in [1.82, 2.24) is 9.55 Å². The number of nitrogens with zero attached hydrogens (tertiary/aromatic N) is 2. The second-order valence-corrected chi connectivity index (χ2v) is 8.83. The van der Waals surface area contributed by atoms with E-state index in [0.717, 1.165) is 35.2 Å². The second-order valence-electron chi connectivity index (χ2n) is 6.67. The number of benzene rings is 2. The van der Waals surface area contributed by atoms with Crippen molar-refractivity contribution in [2.24, 2.45) is 0 Å². The van der Waals surface area contributed by atoms with E-state index in [1.54, 1.807) is 0 Å². The lowest BCUT2D eigenvalue weighted by atomic mass is 10.1. The molecule has 3 aromatic rings. The average Bonchev–Trinajstić information content (AvgIpc) is 3.19. The van der Waals surface area contributed by atoms with E-state index in [1.165, 1.54) is 24.0 Å². The Balaban J connectivity index is 1.52. The molecule has 1 aromatic heterocycles. The number of rotatable bonds is 10. The molecule has 2 nitrogen and oxygen atoms in total. The number of aryl methyl sites for hydroxylation is 2.